The van der Waals surface area contributed by atoms with E-state index in [1.54, 1.807) is 0 Å². The largest absolute Gasteiger partial charge is 0.378 e. The smallest absolute Gasteiger partial charge is 0.225 e. The van der Waals surface area contributed by atoms with Crippen molar-refractivity contribution in [2.75, 3.05) is 69.3 Å². The van der Waals surface area contributed by atoms with Gasteiger partial charge in [-0.25, -0.2) is 19.9 Å². The highest BCUT2D eigenvalue weighted by Crippen LogP contribution is 2.23. The highest BCUT2D eigenvalue weighted by Gasteiger charge is 2.19. The van der Waals surface area contributed by atoms with E-state index in [1.807, 2.05) is 25.4 Å². The molecule has 0 amide bonds. The van der Waals surface area contributed by atoms with Crippen molar-refractivity contribution in [2.24, 2.45) is 0 Å². The first kappa shape index (κ1) is 17.1. The van der Waals surface area contributed by atoms with E-state index in [0.717, 1.165) is 81.3 Å². The van der Waals surface area contributed by atoms with Crippen LogP contribution in [0.2, 0.25) is 0 Å². The molecule has 2 fully saturated rings. The number of anilines is 2. The number of nitrogens with zero attached hydrogens (tertiary/aromatic N) is 7. The van der Waals surface area contributed by atoms with Crippen LogP contribution in [-0.2, 0) is 4.74 Å². The van der Waals surface area contributed by atoms with Gasteiger partial charge in [0.05, 0.1) is 24.6 Å². The Morgan fingerprint density at radius 2 is 1.58 bits per heavy atom. The summed E-state index contributed by atoms with van der Waals surface area (Å²) >= 11 is 0. The van der Waals surface area contributed by atoms with Crippen LogP contribution in [-0.4, -0.2) is 84.4 Å². The summed E-state index contributed by atoms with van der Waals surface area (Å²) in [7, 11) is 2.14. The average molecular weight is 355 g/mol. The molecule has 2 aliphatic rings. The van der Waals surface area contributed by atoms with Gasteiger partial charge in [0, 0.05) is 57.2 Å². The lowest BCUT2D eigenvalue weighted by molar-refractivity contribution is 0.122. The van der Waals surface area contributed by atoms with Crippen molar-refractivity contribution >= 4 is 11.9 Å². The van der Waals surface area contributed by atoms with Crippen LogP contribution < -0.4 is 9.80 Å². The third kappa shape index (κ3) is 3.61. The number of aromatic nitrogens is 4. The monoisotopic (exact) mass is 355 g/mol. The van der Waals surface area contributed by atoms with Crippen LogP contribution in [0.3, 0.4) is 0 Å². The third-order valence-electron chi connectivity index (χ3n) is 4.97. The standard InChI is InChI=1S/C18H25N7O/c1-14-15(13-20-18(21-14)25-9-11-26-12-10-25)16-3-4-19-17(22-16)24-7-5-23(2)6-8-24/h3-4,13H,5-12H2,1-2H3. The Hall–Kier alpha value is -2.32. The fourth-order valence-corrected chi connectivity index (χ4v) is 3.28. The second-order valence-electron chi connectivity index (χ2n) is 6.80. The van der Waals surface area contributed by atoms with Crippen LogP contribution in [0.4, 0.5) is 11.9 Å². The Balaban J connectivity index is 1.56. The second kappa shape index (κ2) is 7.51. The van der Waals surface area contributed by atoms with Gasteiger partial charge in [-0.2, -0.15) is 0 Å². The van der Waals surface area contributed by atoms with E-state index in [4.69, 9.17) is 14.7 Å². The predicted molar refractivity (Wildman–Crippen MR) is 101 cm³/mol. The van der Waals surface area contributed by atoms with Gasteiger partial charge in [-0.1, -0.05) is 0 Å². The number of hydrogen-bond acceptors (Lipinski definition) is 8. The zero-order chi connectivity index (χ0) is 17.9. The predicted octanol–water partition coefficient (Wildman–Crippen LogP) is 0.830. The molecule has 0 radical (unpaired) electrons. The topological polar surface area (TPSA) is 70.5 Å². The molecule has 2 aliphatic heterocycles. The highest BCUT2D eigenvalue weighted by molar-refractivity contribution is 5.62. The van der Waals surface area contributed by atoms with Crippen molar-refractivity contribution in [1.29, 1.82) is 0 Å². The highest BCUT2D eigenvalue weighted by atomic mass is 16.5. The van der Waals surface area contributed by atoms with E-state index >= 15 is 0 Å². The van der Waals surface area contributed by atoms with Gasteiger partial charge in [0.25, 0.3) is 0 Å². The maximum absolute atomic E-state index is 5.40. The van der Waals surface area contributed by atoms with E-state index < -0.39 is 0 Å². The minimum atomic E-state index is 0.727. The molecule has 0 aromatic carbocycles. The van der Waals surface area contributed by atoms with Crippen LogP contribution >= 0.6 is 0 Å². The summed E-state index contributed by atoms with van der Waals surface area (Å²) in [6.45, 7) is 9.10. The summed E-state index contributed by atoms with van der Waals surface area (Å²) in [5.41, 5.74) is 2.77. The fourth-order valence-electron chi connectivity index (χ4n) is 3.28. The molecule has 0 saturated carbocycles. The number of hydrogen-bond donors (Lipinski definition) is 0. The molecule has 0 aliphatic carbocycles. The summed E-state index contributed by atoms with van der Waals surface area (Å²) < 4.78 is 5.40. The zero-order valence-electron chi connectivity index (χ0n) is 15.4. The normalized spacial score (nSPS) is 19.0. The van der Waals surface area contributed by atoms with Crippen LogP contribution in [0.5, 0.6) is 0 Å². The van der Waals surface area contributed by atoms with Crippen molar-refractivity contribution in [3.05, 3.63) is 24.2 Å². The molecule has 4 heterocycles. The number of morpholine rings is 1. The zero-order valence-corrected chi connectivity index (χ0v) is 15.4. The molecule has 0 N–H and O–H groups in total. The lowest BCUT2D eigenvalue weighted by Crippen LogP contribution is -2.45. The number of aryl methyl sites for hydroxylation is 1. The Morgan fingerprint density at radius 3 is 2.31 bits per heavy atom. The number of piperazine rings is 1. The molecular weight excluding hydrogens is 330 g/mol. The minimum Gasteiger partial charge on any atom is -0.378 e. The summed E-state index contributed by atoms with van der Waals surface area (Å²) in [5.74, 6) is 1.55. The van der Waals surface area contributed by atoms with Gasteiger partial charge < -0.3 is 19.4 Å². The quantitative estimate of drug-likeness (QED) is 0.802. The van der Waals surface area contributed by atoms with Crippen molar-refractivity contribution in [3.63, 3.8) is 0 Å². The van der Waals surface area contributed by atoms with Gasteiger partial charge in [-0.3, -0.25) is 0 Å². The lowest BCUT2D eigenvalue weighted by atomic mass is 10.2. The summed E-state index contributed by atoms with van der Waals surface area (Å²) in [6.07, 6.45) is 3.70. The van der Waals surface area contributed by atoms with Gasteiger partial charge in [0.2, 0.25) is 11.9 Å². The van der Waals surface area contributed by atoms with Gasteiger partial charge >= 0.3 is 0 Å². The lowest BCUT2D eigenvalue weighted by Gasteiger charge is -2.32. The molecule has 4 rings (SSSR count). The minimum absolute atomic E-state index is 0.727. The Labute approximate surface area is 153 Å². The van der Waals surface area contributed by atoms with E-state index in [1.165, 1.54) is 0 Å². The molecule has 8 nitrogen and oxygen atoms in total. The van der Waals surface area contributed by atoms with Crippen molar-refractivity contribution in [1.82, 2.24) is 24.8 Å². The molecule has 8 heteroatoms. The van der Waals surface area contributed by atoms with Gasteiger partial charge in [0.15, 0.2) is 0 Å². The van der Waals surface area contributed by atoms with Crippen molar-refractivity contribution < 1.29 is 4.74 Å². The summed E-state index contributed by atoms with van der Waals surface area (Å²) in [5, 5.41) is 0. The van der Waals surface area contributed by atoms with Crippen molar-refractivity contribution in [3.8, 4) is 11.3 Å². The molecule has 0 spiro atoms. The maximum Gasteiger partial charge on any atom is 0.225 e. The van der Waals surface area contributed by atoms with E-state index in [9.17, 15) is 0 Å². The molecule has 138 valence electrons. The number of rotatable bonds is 3. The maximum atomic E-state index is 5.40. The Morgan fingerprint density at radius 1 is 0.885 bits per heavy atom. The molecule has 0 atom stereocenters. The molecule has 2 saturated heterocycles. The number of ether oxygens (including phenoxy) is 1. The third-order valence-corrected chi connectivity index (χ3v) is 4.97. The first-order chi connectivity index (χ1) is 12.7. The van der Waals surface area contributed by atoms with Gasteiger partial charge in [-0.05, 0) is 20.0 Å². The molecular formula is C18H25N7O. The van der Waals surface area contributed by atoms with Gasteiger partial charge in [-0.15, -0.1) is 0 Å². The van der Waals surface area contributed by atoms with E-state index in [0.29, 0.717) is 0 Å². The first-order valence-corrected chi connectivity index (χ1v) is 9.14. The van der Waals surface area contributed by atoms with Gasteiger partial charge in [0.1, 0.15) is 0 Å². The SMILES string of the molecule is Cc1nc(N2CCOCC2)ncc1-c1ccnc(N2CCN(C)CC2)n1. The second-order valence-corrected chi connectivity index (χ2v) is 6.80. The molecule has 26 heavy (non-hydrogen) atoms. The molecule has 0 unspecified atom stereocenters. The van der Waals surface area contributed by atoms with Crippen LogP contribution in [0.15, 0.2) is 18.5 Å². The molecule has 2 aromatic rings. The molecule has 2 aromatic heterocycles. The average Bonchev–Trinajstić information content (AvgIpc) is 2.69. The van der Waals surface area contributed by atoms with Crippen LogP contribution in [0, 0.1) is 6.92 Å². The van der Waals surface area contributed by atoms with E-state index in [-0.39, 0.29) is 0 Å². The first-order valence-electron chi connectivity index (χ1n) is 9.14. The van der Waals surface area contributed by atoms with Crippen LogP contribution in [0.1, 0.15) is 5.69 Å². The Bertz CT molecular complexity index is 755. The summed E-state index contributed by atoms with van der Waals surface area (Å²) in [6, 6.07) is 1.93. The summed E-state index contributed by atoms with van der Waals surface area (Å²) in [4.78, 5) is 25.2. The number of likely N-dealkylation sites (N-methyl/N-ethyl adjacent to an activating group) is 1. The van der Waals surface area contributed by atoms with E-state index in [2.05, 4.69) is 31.7 Å². The van der Waals surface area contributed by atoms with Crippen molar-refractivity contribution in [2.45, 2.75) is 6.92 Å². The Kier molecular flexibility index (Phi) is 4.94. The molecule has 0 bridgehead atoms. The van der Waals surface area contributed by atoms with Crippen LogP contribution in [0.25, 0.3) is 11.3 Å². The fraction of sp³-hybridized carbons (Fsp3) is 0.556.